The number of carbonyl (C=O) groups is 1. The van der Waals surface area contributed by atoms with Crippen LogP contribution in [-0.4, -0.2) is 5.91 Å². The van der Waals surface area contributed by atoms with Crippen molar-refractivity contribution in [3.8, 4) is 0 Å². The van der Waals surface area contributed by atoms with E-state index in [9.17, 15) is 4.79 Å². The maximum absolute atomic E-state index is 11.5. The molecule has 1 N–H and O–H groups in total. The summed E-state index contributed by atoms with van der Waals surface area (Å²) in [6, 6.07) is 9.54. The molecule has 2 aromatic carbocycles. The lowest BCUT2D eigenvalue weighted by Gasteiger charge is -2.16. The summed E-state index contributed by atoms with van der Waals surface area (Å²) in [5, 5.41) is 4.11. The van der Waals surface area contributed by atoms with Crippen molar-refractivity contribution in [3.05, 3.63) is 60.6 Å². The van der Waals surface area contributed by atoms with Gasteiger partial charge in [-0.1, -0.05) is 45.2 Å². The molecule has 0 aromatic heterocycles. The Labute approximate surface area is 154 Å². The molecule has 0 radical (unpaired) electrons. The summed E-state index contributed by atoms with van der Waals surface area (Å²) in [6.45, 7) is 0. The van der Waals surface area contributed by atoms with Crippen LogP contribution in [0.2, 0.25) is 10.0 Å². The minimum atomic E-state index is -0.0726. The largest absolute Gasteiger partial charge is 0.325 e. The fourth-order valence-electron chi connectivity index (χ4n) is 2.34. The van der Waals surface area contributed by atoms with Crippen molar-refractivity contribution in [1.29, 1.82) is 0 Å². The number of rotatable bonds is 2. The first-order chi connectivity index (χ1) is 9.95. The SMILES string of the molecule is O=C1Cc2cc(C(Br)c3cc(Cl)ccc3I)c(Cl)cc2N1. The maximum Gasteiger partial charge on any atom is 0.228 e. The van der Waals surface area contributed by atoms with Gasteiger partial charge in [-0.2, -0.15) is 0 Å². The number of fused-ring (bicyclic) bond motifs is 1. The quantitative estimate of drug-likeness (QED) is 0.427. The molecule has 6 heteroatoms. The van der Waals surface area contributed by atoms with Crippen LogP contribution in [0.25, 0.3) is 0 Å². The summed E-state index contributed by atoms with van der Waals surface area (Å²) in [6.07, 6.45) is 0.395. The maximum atomic E-state index is 11.5. The number of anilines is 1. The molecule has 3 rings (SSSR count). The zero-order valence-corrected chi connectivity index (χ0v) is 15.8. The molecule has 1 unspecified atom stereocenters. The van der Waals surface area contributed by atoms with Gasteiger partial charge in [0.1, 0.15) is 0 Å². The number of benzene rings is 2. The second-order valence-corrected chi connectivity index (χ2v) is 7.71. The molecule has 1 atom stereocenters. The number of halogens is 4. The van der Waals surface area contributed by atoms with Gasteiger partial charge < -0.3 is 5.32 Å². The average molecular weight is 497 g/mol. The first-order valence-corrected chi connectivity index (χ1v) is 8.92. The topological polar surface area (TPSA) is 29.1 Å². The molecule has 0 saturated heterocycles. The Morgan fingerprint density at radius 1 is 1.19 bits per heavy atom. The molecule has 0 fully saturated rings. The van der Waals surface area contributed by atoms with Crippen molar-refractivity contribution >= 4 is 73.3 Å². The van der Waals surface area contributed by atoms with Gasteiger partial charge in [0.05, 0.1) is 11.2 Å². The second kappa shape index (κ2) is 6.07. The van der Waals surface area contributed by atoms with Crippen LogP contribution in [0.3, 0.4) is 0 Å². The fraction of sp³-hybridized carbons (Fsp3) is 0.133. The van der Waals surface area contributed by atoms with E-state index in [0.717, 1.165) is 25.9 Å². The van der Waals surface area contributed by atoms with Crippen LogP contribution in [0.5, 0.6) is 0 Å². The lowest BCUT2D eigenvalue weighted by Crippen LogP contribution is -2.03. The number of amides is 1. The Balaban J connectivity index is 2.06. The summed E-state index contributed by atoms with van der Waals surface area (Å²) < 4.78 is 1.10. The summed E-state index contributed by atoms with van der Waals surface area (Å²) in [5.41, 5.74) is 3.77. The molecular weight excluding hydrogens is 488 g/mol. The highest BCUT2D eigenvalue weighted by Gasteiger charge is 2.23. The van der Waals surface area contributed by atoms with Gasteiger partial charge in [-0.3, -0.25) is 4.79 Å². The molecule has 1 heterocycles. The third kappa shape index (κ3) is 3.09. The standard InChI is InChI=1S/C15H9BrCl2INO/c16-15(10-5-8(17)1-2-12(10)19)9-3-7-4-14(21)20-13(7)6-11(9)18/h1-3,5-6,15H,4H2,(H,20,21). The molecule has 2 nitrogen and oxygen atoms in total. The van der Waals surface area contributed by atoms with Crippen molar-refractivity contribution in [2.24, 2.45) is 0 Å². The van der Waals surface area contributed by atoms with Crippen LogP contribution in [-0.2, 0) is 11.2 Å². The fourth-order valence-corrected chi connectivity index (χ4v) is 4.76. The van der Waals surface area contributed by atoms with E-state index < -0.39 is 0 Å². The van der Waals surface area contributed by atoms with E-state index in [1.807, 2.05) is 30.3 Å². The number of carbonyl (C=O) groups excluding carboxylic acids is 1. The zero-order chi connectivity index (χ0) is 15.1. The van der Waals surface area contributed by atoms with Gasteiger partial charge in [0.2, 0.25) is 5.91 Å². The number of nitrogens with one attached hydrogen (secondary N) is 1. The molecular formula is C15H9BrCl2INO. The summed E-state index contributed by atoms with van der Waals surface area (Å²) in [5.74, 6) is 0.00155. The van der Waals surface area contributed by atoms with Crippen LogP contribution < -0.4 is 5.32 Å². The van der Waals surface area contributed by atoms with Crippen LogP contribution in [0, 0.1) is 3.57 Å². The smallest absolute Gasteiger partial charge is 0.228 e. The summed E-state index contributed by atoms with van der Waals surface area (Å²) >= 11 is 18.4. The predicted molar refractivity (Wildman–Crippen MR) is 98.7 cm³/mol. The minimum Gasteiger partial charge on any atom is -0.325 e. The van der Waals surface area contributed by atoms with Gasteiger partial charge in [0.25, 0.3) is 0 Å². The molecule has 0 spiro atoms. The second-order valence-electron chi connectivity index (χ2n) is 4.78. The first-order valence-electron chi connectivity index (χ1n) is 6.17. The van der Waals surface area contributed by atoms with Gasteiger partial charge >= 0.3 is 0 Å². The van der Waals surface area contributed by atoms with Gasteiger partial charge in [-0.25, -0.2) is 0 Å². The van der Waals surface area contributed by atoms with Gasteiger partial charge in [0.15, 0.2) is 0 Å². The average Bonchev–Trinajstić information content (AvgIpc) is 2.79. The number of hydrogen-bond acceptors (Lipinski definition) is 1. The van der Waals surface area contributed by atoms with Gasteiger partial charge in [-0.15, -0.1) is 0 Å². The van der Waals surface area contributed by atoms with Crippen LogP contribution >= 0.6 is 61.7 Å². The normalized spacial score (nSPS) is 14.8. The molecule has 0 bridgehead atoms. The molecule has 21 heavy (non-hydrogen) atoms. The first kappa shape index (κ1) is 15.6. The van der Waals surface area contributed by atoms with E-state index in [1.54, 1.807) is 0 Å². The molecule has 108 valence electrons. The molecule has 0 saturated carbocycles. The molecule has 1 amide bonds. The van der Waals surface area contributed by atoms with E-state index in [4.69, 9.17) is 23.2 Å². The van der Waals surface area contributed by atoms with Gasteiger partial charge in [0, 0.05) is 19.3 Å². The Morgan fingerprint density at radius 2 is 1.95 bits per heavy atom. The third-order valence-corrected chi connectivity index (χ3v) is 5.88. The monoisotopic (exact) mass is 495 g/mol. The molecule has 1 aliphatic rings. The zero-order valence-electron chi connectivity index (χ0n) is 10.6. The van der Waals surface area contributed by atoms with E-state index in [0.29, 0.717) is 16.5 Å². The van der Waals surface area contributed by atoms with Crippen molar-refractivity contribution < 1.29 is 4.79 Å². The highest BCUT2D eigenvalue weighted by molar-refractivity contribution is 14.1. The van der Waals surface area contributed by atoms with E-state index in [1.165, 1.54) is 0 Å². The van der Waals surface area contributed by atoms with Crippen molar-refractivity contribution in [3.63, 3.8) is 0 Å². The lowest BCUT2D eigenvalue weighted by atomic mass is 10.0. The van der Waals surface area contributed by atoms with Crippen molar-refractivity contribution in [1.82, 2.24) is 0 Å². The summed E-state index contributed by atoms with van der Waals surface area (Å²) in [4.78, 5) is 11.4. The van der Waals surface area contributed by atoms with E-state index in [-0.39, 0.29) is 10.7 Å². The van der Waals surface area contributed by atoms with Crippen LogP contribution in [0.15, 0.2) is 30.3 Å². The summed E-state index contributed by atoms with van der Waals surface area (Å²) in [7, 11) is 0. The molecule has 2 aromatic rings. The number of alkyl halides is 1. The van der Waals surface area contributed by atoms with E-state index in [2.05, 4.69) is 43.8 Å². The minimum absolute atomic E-state index is 0.00155. The Hall–Kier alpha value is -0.300. The van der Waals surface area contributed by atoms with Crippen LogP contribution in [0.4, 0.5) is 5.69 Å². The van der Waals surface area contributed by atoms with Gasteiger partial charge in [-0.05, 0) is 63.5 Å². The highest BCUT2D eigenvalue weighted by Crippen LogP contribution is 2.41. The predicted octanol–water partition coefficient (Wildman–Crippen LogP) is 5.58. The molecule has 0 aliphatic carbocycles. The number of hydrogen-bond donors (Lipinski definition) is 1. The Bertz CT molecular complexity index is 751. The van der Waals surface area contributed by atoms with Crippen LogP contribution in [0.1, 0.15) is 21.5 Å². The molecule has 1 aliphatic heterocycles. The van der Waals surface area contributed by atoms with E-state index >= 15 is 0 Å². The highest BCUT2D eigenvalue weighted by atomic mass is 127. The lowest BCUT2D eigenvalue weighted by molar-refractivity contribution is -0.115. The Kier molecular flexibility index (Phi) is 4.50. The van der Waals surface area contributed by atoms with Crippen molar-refractivity contribution in [2.75, 3.05) is 5.32 Å². The third-order valence-electron chi connectivity index (χ3n) is 3.35. The Morgan fingerprint density at radius 3 is 2.71 bits per heavy atom. The van der Waals surface area contributed by atoms with Crippen molar-refractivity contribution in [2.45, 2.75) is 11.2 Å².